The number of fused-ring (bicyclic) bond motifs is 1. The van der Waals surface area contributed by atoms with E-state index < -0.39 is 0 Å². The van der Waals surface area contributed by atoms with Crippen molar-refractivity contribution in [2.24, 2.45) is 0 Å². The van der Waals surface area contributed by atoms with Crippen LogP contribution in [0.4, 0.5) is 0 Å². The quantitative estimate of drug-likeness (QED) is 0.830. The van der Waals surface area contributed by atoms with Crippen LogP contribution in [0.5, 0.6) is 0 Å². The largest absolute Gasteiger partial charge is 0.356 e. The van der Waals surface area contributed by atoms with Crippen LogP contribution in [0.1, 0.15) is 31.2 Å². The van der Waals surface area contributed by atoms with E-state index in [9.17, 15) is 4.79 Å². The molecule has 1 heterocycles. The van der Waals surface area contributed by atoms with Gasteiger partial charge in [0, 0.05) is 6.54 Å². The zero-order valence-corrected chi connectivity index (χ0v) is 13.8. The maximum Gasteiger partial charge on any atom is 0.224 e. The molecule has 2 aromatic rings. The Kier molecular flexibility index (Phi) is 5.65. The Labute approximate surface area is 138 Å². The van der Waals surface area contributed by atoms with Gasteiger partial charge < -0.3 is 10.2 Å². The highest BCUT2D eigenvalue weighted by Gasteiger charge is 2.09. The highest BCUT2D eigenvalue weighted by Crippen LogP contribution is 2.16. The molecule has 3 rings (SSSR count). The van der Waals surface area contributed by atoms with Crippen LogP contribution in [0.3, 0.4) is 0 Å². The number of amides is 1. The van der Waals surface area contributed by atoms with Crippen molar-refractivity contribution in [2.75, 3.05) is 26.2 Å². The summed E-state index contributed by atoms with van der Waals surface area (Å²) in [7, 11) is 0. The van der Waals surface area contributed by atoms with Crippen molar-refractivity contribution in [3.8, 4) is 0 Å². The number of hydrogen-bond donors (Lipinski definition) is 1. The number of carbonyl (C=O) groups is 1. The summed E-state index contributed by atoms with van der Waals surface area (Å²) in [6.07, 6.45) is 5.54. The summed E-state index contributed by atoms with van der Waals surface area (Å²) in [6.45, 7) is 4.34. The smallest absolute Gasteiger partial charge is 0.224 e. The van der Waals surface area contributed by atoms with Gasteiger partial charge in [-0.05, 0) is 55.2 Å². The summed E-state index contributed by atoms with van der Waals surface area (Å²) in [5.74, 6) is 0.124. The summed E-state index contributed by atoms with van der Waals surface area (Å²) in [4.78, 5) is 14.6. The first kappa shape index (κ1) is 16.0. The molecule has 0 saturated carbocycles. The first-order chi connectivity index (χ1) is 11.3. The second kappa shape index (κ2) is 8.11. The van der Waals surface area contributed by atoms with Crippen molar-refractivity contribution in [2.45, 2.75) is 32.1 Å². The summed E-state index contributed by atoms with van der Waals surface area (Å²) >= 11 is 0. The van der Waals surface area contributed by atoms with E-state index in [-0.39, 0.29) is 5.91 Å². The average Bonchev–Trinajstić information content (AvgIpc) is 2.59. The molecule has 0 atom stereocenters. The van der Waals surface area contributed by atoms with Crippen LogP contribution >= 0.6 is 0 Å². The molecule has 0 aromatic heterocycles. The Bertz CT molecular complexity index is 647. The van der Waals surface area contributed by atoms with E-state index in [1.807, 2.05) is 12.1 Å². The fourth-order valence-electron chi connectivity index (χ4n) is 3.31. The van der Waals surface area contributed by atoms with Crippen LogP contribution in [0, 0.1) is 0 Å². The van der Waals surface area contributed by atoms with Crippen LogP contribution in [0.15, 0.2) is 42.5 Å². The van der Waals surface area contributed by atoms with Gasteiger partial charge >= 0.3 is 0 Å². The number of piperidine rings is 1. The monoisotopic (exact) mass is 310 g/mol. The van der Waals surface area contributed by atoms with E-state index >= 15 is 0 Å². The van der Waals surface area contributed by atoms with Gasteiger partial charge in [0.15, 0.2) is 0 Å². The van der Waals surface area contributed by atoms with Gasteiger partial charge in [0.1, 0.15) is 0 Å². The molecule has 122 valence electrons. The Morgan fingerprint density at radius 1 is 1.00 bits per heavy atom. The number of likely N-dealkylation sites (tertiary alicyclic amines) is 1. The number of hydrogen-bond acceptors (Lipinski definition) is 2. The van der Waals surface area contributed by atoms with Gasteiger partial charge in [-0.1, -0.05) is 48.9 Å². The second-order valence-corrected chi connectivity index (χ2v) is 6.46. The third-order valence-electron chi connectivity index (χ3n) is 4.60. The lowest BCUT2D eigenvalue weighted by Crippen LogP contribution is -2.33. The van der Waals surface area contributed by atoms with E-state index in [1.165, 1.54) is 43.1 Å². The summed E-state index contributed by atoms with van der Waals surface area (Å²) in [5, 5.41) is 5.47. The maximum atomic E-state index is 12.1. The van der Waals surface area contributed by atoms with Crippen molar-refractivity contribution in [3.63, 3.8) is 0 Å². The lowest BCUT2D eigenvalue weighted by atomic mass is 10.0. The molecule has 2 aromatic carbocycles. The lowest BCUT2D eigenvalue weighted by molar-refractivity contribution is -0.120. The van der Waals surface area contributed by atoms with Crippen LogP contribution in [0.25, 0.3) is 10.8 Å². The average molecular weight is 310 g/mol. The zero-order chi connectivity index (χ0) is 15.9. The minimum atomic E-state index is 0.124. The second-order valence-electron chi connectivity index (χ2n) is 6.46. The molecule has 1 saturated heterocycles. The maximum absolute atomic E-state index is 12.1. The van der Waals surface area contributed by atoms with E-state index in [0.29, 0.717) is 6.42 Å². The predicted molar refractivity (Wildman–Crippen MR) is 95.6 cm³/mol. The first-order valence-electron chi connectivity index (χ1n) is 8.78. The minimum absolute atomic E-state index is 0.124. The number of benzene rings is 2. The highest BCUT2D eigenvalue weighted by molar-refractivity contribution is 5.85. The third kappa shape index (κ3) is 4.80. The minimum Gasteiger partial charge on any atom is -0.356 e. The van der Waals surface area contributed by atoms with Gasteiger partial charge in [-0.25, -0.2) is 0 Å². The molecular weight excluding hydrogens is 284 g/mol. The van der Waals surface area contributed by atoms with Crippen LogP contribution in [0.2, 0.25) is 0 Å². The van der Waals surface area contributed by atoms with Crippen LogP contribution in [-0.2, 0) is 11.2 Å². The summed E-state index contributed by atoms with van der Waals surface area (Å²) < 4.78 is 0. The Morgan fingerprint density at radius 2 is 1.78 bits per heavy atom. The molecule has 0 spiro atoms. The lowest BCUT2D eigenvalue weighted by Gasteiger charge is -2.26. The Hall–Kier alpha value is -1.87. The Morgan fingerprint density at radius 3 is 2.61 bits per heavy atom. The van der Waals surface area contributed by atoms with Gasteiger partial charge in [-0.2, -0.15) is 0 Å². The summed E-state index contributed by atoms with van der Waals surface area (Å²) in [6, 6.07) is 14.5. The molecular formula is C20H26N2O. The molecule has 0 unspecified atom stereocenters. The Balaban J connectivity index is 1.41. The number of carbonyl (C=O) groups excluding carboxylic acids is 1. The fraction of sp³-hybridized carbons (Fsp3) is 0.450. The molecule has 0 radical (unpaired) electrons. The van der Waals surface area contributed by atoms with Crippen molar-refractivity contribution in [1.82, 2.24) is 10.2 Å². The first-order valence-corrected chi connectivity index (χ1v) is 8.78. The molecule has 1 N–H and O–H groups in total. The van der Waals surface area contributed by atoms with Crippen molar-refractivity contribution in [1.29, 1.82) is 0 Å². The third-order valence-corrected chi connectivity index (χ3v) is 4.60. The molecule has 1 fully saturated rings. The normalized spacial score (nSPS) is 15.7. The van der Waals surface area contributed by atoms with Gasteiger partial charge in [0.2, 0.25) is 5.91 Å². The van der Waals surface area contributed by atoms with Gasteiger partial charge in [0.25, 0.3) is 0 Å². The number of nitrogens with zero attached hydrogens (tertiary/aromatic N) is 1. The standard InChI is InChI=1S/C20H26N2O/c23-20(21-11-6-14-22-12-4-1-5-13-22)16-17-9-10-18-7-2-3-8-19(18)15-17/h2-3,7-10,15H,1,4-6,11-14,16H2,(H,21,23). The molecule has 0 aliphatic carbocycles. The van der Waals surface area contributed by atoms with Crippen molar-refractivity contribution in [3.05, 3.63) is 48.0 Å². The topological polar surface area (TPSA) is 32.3 Å². The summed E-state index contributed by atoms with van der Waals surface area (Å²) in [5.41, 5.74) is 1.08. The molecule has 0 bridgehead atoms. The van der Waals surface area contributed by atoms with Crippen molar-refractivity contribution < 1.29 is 4.79 Å². The molecule has 1 aliphatic heterocycles. The fourth-order valence-corrected chi connectivity index (χ4v) is 3.31. The highest BCUT2D eigenvalue weighted by atomic mass is 16.1. The zero-order valence-electron chi connectivity index (χ0n) is 13.8. The number of rotatable bonds is 6. The SMILES string of the molecule is O=C(Cc1ccc2ccccc2c1)NCCCN1CCCCC1. The predicted octanol–water partition coefficient (Wildman–Crippen LogP) is 3.37. The van der Waals surface area contributed by atoms with Crippen molar-refractivity contribution >= 4 is 16.7 Å². The molecule has 3 heteroatoms. The molecule has 23 heavy (non-hydrogen) atoms. The van der Waals surface area contributed by atoms with E-state index in [4.69, 9.17) is 0 Å². The molecule has 1 aliphatic rings. The van der Waals surface area contributed by atoms with Gasteiger partial charge in [-0.15, -0.1) is 0 Å². The molecule has 3 nitrogen and oxygen atoms in total. The van der Waals surface area contributed by atoms with E-state index in [1.54, 1.807) is 0 Å². The number of nitrogens with one attached hydrogen (secondary N) is 1. The van der Waals surface area contributed by atoms with Crippen LogP contribution in [-0.4, -0.2) is 37.0 Å². The van der Waals surface area contributed by atoms with E-state index in [2.05, 4.69) is 40.5 Å². The molecule has 1 amide bonds. The van der Waals surface area contributed by atoms with E-state index in [0.717, 1.165) is 25.1 Å². The van der Waals surface area contributed by atoms with Gasteiger partial charge in [-0.3, -0.25) is 4.79 Å². The van der Waals surface area contributed by atoms with Gasteiger partial charge in [0.05, 0.1) is 6.42 Å². The van der Waals surface area contributed by atoms with Crippen LogP contribution < -0.4 is 5.32 Å².